The van der Waals surface area contributed by atoms with Crippen molar-refractivity contribution in [2.24, 2.45) is 29.6 Å². The second kappa shape index (κ2) is 7.33. The minimum absolute atomic E-state index is 0.525. The average Bonchev–Trinajstić information content (AvgIpc) is 3.03. The molecule has 0 bridgehead atoms. The number of rotatable bonds is 3. The van der Waals surface area contributed by atoms with Crippen molar-refractivity contribution in [1.82, 2.24) is 0 Å². The van der Waals surface area contributed by atoms with Gasteiger partial charge in [-0.2, -0.15) is 0 Å². The van der Waals surface area contributed by atoms with Crippen molar-refractivity contribution < 1.29 is 21.2 Å². The van der Waals surface area contributed by atoms with Gasteiger partial charge in [0.25, 0.3) is 0 Å². The van der Waals surface area contributed by atoms with E-state index in [4.69, 9.17) is 0 Å². The Kier molecular flexibility index (Phi) is 5.72. The number of alkyl halides is 2. The molecule has 0 amide bonds. The topological polar surface area (TPSA) is 0 Å². The van der Waals surface area contributed by atoms with E-state index >= 15 is 0 Å². The Bertz CT molecular complexity index is 300. The summed E-state index contributed by atoms with van der Waals surface area (Å²) in [5.41, 5.74) is 0. The third kappa shape index (κ3) is 3.73. The Morgan fingerprint density at radius 1 is 0.650 bits per heavy atom. The summed E-state index contributed by atoms with van der Waals surface area (Å²) < 4.78 is 1.19. The predicted molar refractivity (Wildman–Crippen MR) is 83.6 cm³/mol. The third-order valence-corrected chi connectivity index (χ3v) is 9.74. The van der Waals surface area contributed by atoms with Crippen LogP contribution in [0.15, 0.2) is 0 Å². The van der Waals surface area contributed by atoms with Gasteiger partial charge < -0.3 is 0 Å². The summed E-state index contributed by atoms with van der Waals surface area (Å²) in [4.78, 5) is 2.51. The Morgan fingerprint density at radius 3 is 1.80 bits per heavy atom. The zero-order valence-electron chi connectivity index (χ0n) is 13.6. The number of hydrogen-bond donors (Lipinski definition) is 0. The van der Waals surface area contributed by atoms with Crippen LogP contribution in [0.1, 0.15) is 77.6 Å². The van der Waals surface area contributed by atoms with Crippen LogP contribution in [0.2, 0.25) is 0 Å². The normalized spacial score (nSPS) is 46.7. The molecule has 3 rings (SSSR count). The zero-order chi connectivity index (χ0) is 13.9. The van der Waals surface area contributed by atoms with Crippen LogP contribution < -0.4 is 21.2 Å². The summed E-state index contributed by atoms with van der Waals surface area (Å²) in [7, 11) is 0. The van der Waals surface area contributed by atoms with Crippen LogP contribution in [0.5, 0.6) is 0 Å². The van der Waals surface area contributed by atoms with E-state index in [0.29, 0.717) is 21.2 Å². The summed E-state index contributed by atoms with van der Waals surface area (Å²) in [5.74, 6) is 5.52. The van der Waals surface area contributed by atoms with Crippen molar-refractivity contribution in [2.75, 3.05) is 4.93 Å². The van der Waals surface area contributed by atoms with Crippen LogP contribution >= 0.6 is 0 Å². The number of halogens is 1. The van der Waals surface area contributed by atoms with E-state index in [-0.39, 0.29) is 0 Å². The predicted octanol–water partition coefficient (Wildman–Crippen LogP) is 2.51. The van der Waals surface area contributed by atoms with E-state index in [1.54, 1.807) is 64.2 Å². The molecule has 0 aromatic carbocycles. The molecule has 0 aromatic rings. The Balaban J connectivity index is 1.49. The molecule has 0 aromatic heterocycles. The fourth-order valence-corrected chi connectivity index (χ4v) is 7.71. The zero-order valence-corrected chi connectivity index (χ0v) is 15.8. The first kappa shape index (κ1) is 15.6. The van der Waals surface area contributed by atoms with Crippen LogP contribution in [0, 0.1) is 29.6 Å². The van der Waals surface area contributed by atoms with Gasteiger partial charge in [0.05, 0.1) is 0 Å². The molecule has 3 fully saturated rings. The maximum atomic E-state index is 2.51. The molecule has 6 atom stereocenters. The van der Waals surface area contributed by atoms with Crippen molar-refractivity contribution in [3.8, 4) is 0 Å². The second-order valence-electron chi connectivity index (χ2n) is 8.10. The molecule has 0 N–H and O–H groups in total. The fraction of sp³-hybridized carbons (Fsp3) is 1.00. The van der Waals surface area contributed by atoms with Crippen molar-refractivity contribution in [1.29, 1.82) is 0 Å². The SMILES string of the molecule is C[I-]C1CCC(C2CCCC(C3CCC(C)C3)CC2)C1. The van der Waals surface area contributed by atoms with E-state index in [1.165, 1.54) is 10.3 Å². The van der Waals surface area contributed by atoms with Gasteiger partial charge in [0.2, 0.25) is 0 Å². The molecule has 6 unspecified atom stereocenters. The third-order valence-electron chi connectivity index (χ3n) is 6.84. The van der Waals surface area contributed by atoms with Crippen molar-refractivity contribution in [3.63, 3.8) is 0 Å². The van der Waals surface area contributed by atoms with E-state index in [1.807, 2.05) is 0 Å². The van der Waals surface area contributed by atoms with E-state index < -0.39 is 0 Å². The van der Waals surface area contributed by atoms with Gasteiger partial charge in [-0.15, -0.1) is 0 Å². The first-order chi connectivity index (χ1) is 9.76. The van der Waals surface area contributed by atoms with E-state index in [2.05, 4.69) is 11.9 Å². The standard InChI is InChI=1S/C19H34I/c1-14-6-7-17(12-14)15-4-3-5-16(9-8-15)18-10-11-19(13-18)20-2/h14-19H,3-13H2,1-2H3/q-1. The van der Waals surface area contributed by atoms with Crippen LogP contribution in [0.4, 0.5) is 0 Å². The molecular formula is C19H34I-. The fourth-order valence-electron chi connectivity index (χ4n) is 5.57. The van der Waals surface area contributed by atoms with Gasteiger partial charge in [-0.05, 0) is 0 Å². The second-order valence-corrected chi connectivity index (χ2v) is 11.1. The summed E-state index contributed by atoms with van der Waals surface area (Å²) in [6.07, 6.45) is 17.3. The van der Waals surface area contributed by atoms with Gasteiger partial charge in [-0.3, -0.25) is 0 Å². The van der Waals surface area contributed by atoms with E-state index in [0.717, 1.165) is 29.6 Å². The summed E-state index contributed by atoms with van der Waals surface area (Å²) >= 11 is 0.525. The molecule has 0 radical (unpaired) electrons. The molecule has 0 aliphatic heterocycles. The molecule has 3 saturated carbocycles. The number of hydrogen-bond acceptors (Lipinski definition) is 0. The first-order valence-electron chi connectivity index (χ1n) is 9.24. The quantitative estimate of drug-likeness (QED) is 0.395. The van der Waals surface area contributed by atoms with Crippen molar-refractivity contribution >= 4 is 0 Å². The first-order valence-corrected chi connectivity index (χ1v) is 12.6. The molecule has 3 aliphatic carbocycles. The van der Waals surface area contributed by atoms with Crippen molar-refractivity contribution in [3.05, 3.63) is 0 Å². The van der Waals surface area contributed by atoms with Crippen LogP contribution in [-0.4, -0.2) is 8.86 Å². The van der Waals surface area contributed by atoms with Gasteiger partial charge >= 0.3 is 137 Å². The molecule has 20 heavy (non-hydrogen) atoms. The molecule has 0 spiro atoms. The molecule has 0 saturated heterocycles. The molecule has 1 heteroatoms. The Labute approximate surface area is 137 Å². The summed E-state index contributed by atoms with van der Waals surface area (Å²) in [6.45, 7) is 2.48. The van der Waals surface area contributed by atoms with Crippen LogP contribution in [-0.2, 0) is 0 Å². The Morgan fingerprint density at radius 2 is 1.25 bits per heavy atom. The molecule has 0 nitrogen and oxygen atoms in total. The summed E-state index contributed by atoms with van der Waals surface area (Å²) in [6, 6.07) is 0. The van der Waals surface area contributed by atoms with Crippen molar-refractivity contribution in [2.45, 2.75) is 81.5 Å². The average molecular weight is 389 g/mol. The van der Waals surface area contributed by atoms with Crippen LogP contribution in [0.25, 0.3) is 0 Å². The van der Waals surface area contributed by atoms with Gasteiger partial charge in [-0.1, -0.05) is 0 Å². The van der Waals surface area contributed by atoms with Gasteiger partial charge in [0, 0.05) is 0 Å². The minimum atomic E-state index is 0.525. The van der Waals surface area contributed by atoms with Crippen LogP contribution in [0.3, 0.4) is 0 Å². The maximum absolute atomic E-state index is 2.51. The molecule has 118 valence electrons. The van der Waals surface area contributed by atoms with Gasteiger partial charge in [-0.25, -0.2) is 0 Å². The molecular weight excluding hydrogens is 355 g/mol. The monoisotopic (exact) mass is 389 g/mol. The Hall–Kier alpha value is 0.730. The summed E-state index contributed by atoms with van der Waals surface area (Å²) in [5, 5.41) is 0. The van der Waals surface area contributed by atoms with E-state index in [9.17, 15) is 0 Å². The molecule has 0 heterocycles. The van der Waals surface area contributed by atoms with Gasteiger partial charge in [0.15, 0.2) is 0 Å². The van der Waals surface area contributed by atoms with Gasteiger partial charge in [0.1, 0.15) is 0 Å². The molecule has 3 aliphatic rings.